The van der Waals surface area contributed by atoms with E-state index in [2.05, 4.69) is 84.3 Å². The number of anilines is 2. The van der Waals surface area contributed by atoms with Gasteiger partial charge in [0.25, 0.3) is 0 Å². The summed E-state index contributed by atoms with van der Waals surface area (Å²) in [5.74, 6) is 0. The Morgan fingerprint density at radius 3 is 2.45 bits per heavy atom. The maximum absolute atomic E-state index is 4.29. The zero-order chi connectivity index (χ0) is 21.1. The van der Waals surface area contributed by atoms with E-state index in [1.807, 2.05) is 7.05 Å². The Kier molecular flexibility index (Phi) is 9.58. The third-order valence-corrected chi connectivity index (χ3v) is 5.06. The number of hydrogen-bond acceptors (Lipinski definition) is 4. The standard InChI is InChI=1S/C25H38N4/c1-6-17-29(18-7-2)25-14-13-23(20(3)27-16-10-15-26-5)19-24(25)28-21(4)22-11-8-9-12-22/h8-9,11,13-14,19,26-28H,3-4,6-7,10,12,15-18H2,1-2,5H3. The van der Waals surface area contributed by atoms with Crippen molar-refractivity contribution < 1.29 is 0 Å². The summed E-state index contributed by atoms with van der Waals surface area (Å²) in [7, 11) is 1.98. The molecule has 158 valence electrons. The number of nitrogens with zero attached hydrogens (tertiary/aromatic N) is 1. The second kappa shape index (κ2) is 12.2. The Bertz CT molecular complexity index is 739. The van der Waals surface area contributed by atoms with E-state index in [1.54, 1.807) is 0 Å². The highest BCUT2D eigenvalue weighted by molar-refractivity contribution is 5.78. The number of hydrogen-bond donors (Lipinski definition) is 3. The lowest BCUT2D eigenvalue weighted by atomic mass is 10.1. The highest BCUT2D eigenvalue weighted by atomic mass is 15.1. The van der Waals surface area contributed by atoms with Crippen LogP contribution in [0.25, 0.3) is 5.70 Å². The van der Waals surface area contributed by atoms with Crippen LogP contribution in [-0.4, -0.2) is 33.2 Å². The van der Waals surface area contributed by atoms with Gasteiger partial charge in [-0.3, -0.25) is 0 Å². The molecule has 1 aliphatic rings. The van der Waals surface area contributed by atoms with Crippen molar-refractivity contribution >= 4 is 17.1 Å². The summed E-state index contributed by atoms with van der Waals surface area (Å²) in [6.07, 6.45) is 10.6. The lowest BCUT2D eigenvalue weighted by Crippen LogP contribution is -2.26. The lowest BCUT2D eigenvalue weighted by molar-refractivity contribution is 0.698. The molecule has 1 aromatic rings. The summed E-state index contributed by atoms with van der Waals surface area (Å²) in [6, 6.07) is 6.60. The molecule has 4 heteroatoms. The third kappa shape index (κ3) is 6.82. The molecule has 29 heavy (non-hydrogen) atoms. The van der Waals surface area contributed by atoms with E-state index in [0.717, 1.165) is 74.5 Å². The molecule has 0 aliphatic heterocycles. The van der Waals surface area contributed by atoms with Crippen molar-refractivity contribution in [3.05, 3.63) is 66.4 Å². The fourth-order valence-corrected chi connectivity index (χ4v) is 3.51. The van der Waals surface area contributed by atoms with Gasteiger partial charge in [0.1, 0.15) is 0 Å². The second-order valence-electron chi connectivity index (χ2n) is 7.51. The van der Waals surface area contributed by atoms with Gasteiger partial charge in [0.2, 0.25) is 0 Å². The molecule has 0 radical (unpaired) electrons. The second-order valence-corrected chi connectivity index (χ2v) is 7.51. The van der Waals surface area contributed by atoms with Crippen LogP contribution in [-0.2, 0) is 0 Å². The largest absolute Gasteiger partial charge is 0.385 e. The fourth-order valence-electron chi connectivity index (χ4n) is 3.51. The number of benzene rings is 1. The van der Waals surface area contributed by atoms with Gasteiger partial charge < -0.3 is 20.9 Å². The molecule has 1 aliphatic carbocycles. The van der Waals surface area contributed by atoms with E-state index in [1.165, 1.54) is 11.3 Å². The van der Waals surface area contributed by atoms with Gasteiger partial charge in [0.05, 0.1) is 11.4 Å². The van der Waals surface area contributed by atoms with Crippen LogP contribution < -0.4 is 20.9 Å². The van der Waals surface area contributed by atoms with Crippen molar-refractivity contribution in [1.29, 1.82) is 0 Å². The van der Waals surface area contributed by atoms with Crippen LogP contribution >= 0.6 is 0 Å². The Labute approximate surface area is 177 Å². The number of allylic oxidation sites excluding steroid dienone is 4. The van der Waals surface area contributed by atoms with Gasteiger partial charge >= 0.3 is 0 Å². The fraction of sp³-hybridized carbons (Fsp3) is 0.440. The third-order valence-electron chi connectivity index (χ3n) is 5.06. The highest BCUT2D eigenvalue weighted by Crippen LogP contribution is 2.32. The highest BCUT2D eigenvalue weighted by Gasteiger charge is 2.14. The van der Waals surface area contributed by atoms with Gasteiger partial charge in [-0.05, 0) is 62.5 Å². The monoisotopic (exact) mass is 394 g/mol. The summed E-state index contributed by atoms with van der Waals surface area (Å²) in [5, 5.41) is 10.2. The van der Waals surface area contributed by atoms with Crippen molar-refractivity contribution in [2.24, 2.45) is 0 Å². The van der Waals surface area contributed by atoms with E-state index in [9.17, 15) is 0 Å². The molecule has 0 fully saturated rings. The van der Waals surface area contributed by atoms with Gasteiger partial charge in [0.15, 0.2) is 0 Å². The maximum atomic E-state index is 4.29. The van der Waals surface area contributed by atoms with Crippen LogP contribution in [0.1, 0.15) is 45.1 Å². The Balaban J connectivity index is 2.24. The van der Waals surface area contributed by atoms with E-state index in [-0.39, 0.29) is 0 Å². The van der Waals surface area contributed by atoms with Gasteiger partial charge in [-0.25, -0.2) is 0 Å². The van der Waals surface area contributed by atoms with Crippen molar-refractivity contribution in [3.63, 3.8) is 0 Å². The smallest absolute Gasteiger partial charge is 0.0628 e. The molecule has 0 amide bonds. The van der Waals surface area contributed by atoms with Gasteiger partial charge in [-0.15, -0.1) is 0 Å². The number of rotatable bonds is 14. The van der Waals surface area contributed by atoms with Crippen molar-refractivity contribution in [1.82, 2.24) is 10.6 Å². The predicted octanol–water partition coefficient (Wildman–Crippen LogP) is 5.29. The minimum Gasteiger partial charge on any atom is -0.385 e. The molecule has 0 aromatic heterocycles. The van der Waals surface area contributed by atoms with Gasteiger partial charge in [-0.2, -0.15) is 0 Å². The van der Waals surface area contributed by atoms with Crippen molar-refractivity contribution in [2.75, 3.05) is 43.4 Å². The minimum absolute atomic E-state index is 0.910. The molecule has 0 saturated carbocycles. The first-order valence-electron chi connectivity index (χ1n) is 10.9. The molecule has 0 spiro atoms. The molecular formula is C25H38N4. The predicted molar refractivity (Wildman–Crippen MR) is 129 cm³/mol. The van der Waals surface area contributed by atoms with Crippen molar-refractivity contribution in [2.45, 2.75) is 39.5 Å². The summed E-state index contributed by atoms with van der Waals surface area (Å²) in [4.78, 5) is 2.46. The van der Waals surface area contributed by atoms with Gasteiger partial charge in [-0.1, -0.05) is 51.3 Å². The summed E-state index contributed by atoms with van der Waals surface area (Å²) in [5.41, 5.74) is 6.60. The molecule has 1 aromatic carbocycles. The topological polar surface area (TPSA) is 39.3 Å². The van der Waals surface area contributed by atoms with Crippen molar-refractivity contribution in [3.8, 4) is 0 Å². The quantitative estimate of drug-likeness (QED) is 0.375. The molecular weight excluding hydrogens is 356 g/mol. The normalized spacial score (nSPS) is 12.6. The SMILES string of the molecule is C=C(Nc1cc(C(=C)NCCCNC)ccc1N(CCC)CCC)C1=CC=CC1. The molecule has 0 bridgehead atoms. The Hall–Kier alpha value is -2.46. The average Bonchev–Trinajstić information content (AvgIpc) is 3.26. The zero-order valence-corrected chi connectivity index (χ0v) is 18.5. The molecule has 0 atom stereocenters. The molecule has 4 nitrogen and oxygen atoms in total. The maximum Gasteiger partial charge on any atom is 0.0628 e. The first-order chi connectivity index (χ1) is 14.1. The van der Waals surface area contributed by atoms with E-state index in [0.29, 0.717) is 0 Å². The van der Waals surface area contributed by atoms with Crippen LogP contribution in [0.4, 0.5) is 11.4 Å². The molecule has 0 unspecified atom stereocenters. The number of nitrogens with one attached hydrogen (secondary N) is 3. The lowest BCUT2D eigenvalue weighted by Gasteiger charge is -2.28. The molecule has 0 heterocycles. The minimum atomic E-state index is 0.910. The first-order valence-corrected chi connectivity index (χ1v) is 10.9. The summed E-state index contributed by atoms with van der Waals surface area (Å²) in [6.45, 7) is 17.0. The Morgan fingerprint density at radius 2 is 1.83 bits per heavy atom. The summed E-state index contributed by atoms with van der Waals surface area (Å²) < 4.78 is 0. The van der Waals surface area contributed by atoms with Crippen LogP contribution in [0.5, 0.6) is 0 Å². The zero-order valence-electron chi connectivity index (χ0n) is 18.5. The molecule has 2 rings (SSSR count). The van der Waals surface area contributed by atoms with Gasteiger partial charge in [0, 0.05) is 31.0 Å². The molecule has 0 saturated heterocycles. The van der Waals surface area contributed by atoms with E-state index in [4.69, 9.17) is 0 Å². The van der Waals surface area contributed by atoms with E-state index >= 15 is 0 Å². The van der Waals surface area contributed by atoms with Crippen LogP contribution in [0.3, 0.4) is 0 Å². The van der Waals surface area contributed by atoms with Crippen LogP contribution in [0.15, 0.2) is 60.9 Å². The van der Waals surface area contributed by atoms with E-state index < -0.39 is 0 Å². The summed E-state index contributed by atoms with van der Waals surface area (Å²) >= 11 is 0. The average molecular weight is 395 g/mol. The molecule has 3 N–H and O–H groups in total. The van der Waals surface area contributed by atoms with Crippen LogP contribution in [0.2, 0.25) is 0 Å². The Morgan fingerprint density at radius 1 is 1.07 bits per heavy atom. The first kappa shape index (κ1) is 22.8. The van der Waals surface area contributed by atoms with Crippen LogP contribution in [0, 0.1) is 0 Å².